The maximum Gasteiger partial charge on any atom is 0.326 e. The lowest BCUT2D eigenvalue weighted by atomic mass is 9.72. The molecule has 174 valence electrons. The van der Waals surface area contributed by atoms with Gasteiger partial charge in [-0.25, -0.2) is 4.79 Å². The van der Waals surface area contributed by atoms with Crippen molar-refractivity contribution in [3.05, 3.63) is 48.0 Å². The lowest BCUT2D eigenvalue weighted by molar-refractivity contribution is -0.141. The lowest BCUT2D eigenvalue weighted by Crippen LogP contribution is -2.39. The summed E-state index contributed by atoms with van der Waals surface area (Å²) in [5.74, 6) is -0.990. The van der Waals surface area contributed by atoms with E-state index in [1.165, 1.54) is 10.8 Å². The predicted octanol–water partition coefficient (Wildman–Crippen LogP) is 4.31. The highest BCUT2D eigenvalue weighted by Gasteiger charge is 2.30. The minimum atomic E-state index is -1.02. The first-order valence-electron chi connectivity index (χ1n) is 11.2. The molecule has 1 atom stereocenters. The van der Waals surface area contributed by atoms with Gasteiger partial charge in [0.1, 0.15) is 6.04 Å². The minimum Gasteiger partial charge on any atom is -0.480 e. The van der Waals surface area contributed by atoms with Gasteiger partial charge in [-0.2, -0.15) is 0 Å². The minimum absolute atomic E-state index is 0.0326. The van der Waals surface area contributed by atoms with Gasteiger partial charge in [0.2, 0.25) is 12.3 Å². The van der Waals surface area contributed by atoms with Crippen LogP contribution in [-0.2, 0) is 20.8 Å². The largest absolute Gasteiger partial charge is 0.480 e. The molecule has 2 aromatic rings. The Kier molecular flexibility index (Phi) is 8.81. The summed E-state index contributed by atoms with van der Waals surface area (Å²) in [4.78, 5) is 34.3. The first-order valence-corrected chi connectivity index (χ1v) is 11.2. The van der Waals surface area contributed by atoms with Crippen molar-refractivity contribution in [3.8, 4) is 0 Å². The Bertz CT molecular complexity index is 936. The van der Waals surface area contributed by atoms with Gasteiger partial charge in [-0.3, -0.25) is 9.59 Å². The fraction of sp³-hybridized carbons (Fsp3) is 0.500. The van der Waals surface area contributed by atoms with E-state index in [-0.39, 0.29) is 16.7 Å². The van der Waals surface area contributed by atoms with Gasteiger partial charge in [-0.1, -0.05) is 70.2 Å². The number of aliphatic carboxylic acids is 1. The van der Waals surface area contributed by atoms with Crippen LogP contribution in [0, 0.1) is 10.8 Å². The van der Waals surface area contributed by atoms with Gasteiger partial charge in [0.05, 0.1) is 0 Å². The van der Waals surface area contributed by atoms with E-state index >= 15 is 0 Å². The molecule has 0 bridgehead atoms. The SMILES string of the molecule is CC(C)(CCC(NC=O)C(=O)O)CC(C)(C)CNC(=O)CCc1ccc2ccccc2c1. The first kappa shape index (κ1) is 25.4. The number of hydrogen-bond acceptors (Lipinski definition) is 3. The van der Waals surface area contributed by atoms with Crippen molar-refractivity contribution >= 4 is 29.1 Å². The predicted molar refractivity (Wildman–Crippen MR) is 127 cm³/mol. The first-order chi connectivity index (χ1) is 15.0. The molecule has 0 radical (unpaired) electrons. The van der Waals surface area contributed by atoms with Crippen molar-refractivity contribution < 1.29 is 19.5 Å². The molecule has 3 N–H and O–H groups in total. The molecular weight excluding hydrogens is 404 g/mol. The zero-order chi connectivity index (χ0) is 23.8. The maximum atomic E-state index is 12.4. The molecule has 0 fully saturated rings. The third-order valence-electron chi connectivity index (χ3n) is 5.85. The molecule has 0 heterocycles. The third kappa shape index (κ3) is 8.33. The highest BCUT2D eigenvalue weighted by molar-refractivity contribution is 5.83. The number of carbonyl (C=O) groups excluding carboxylic acids is 2. The van der Waals surface area contributed by atoms with Crippen LogP contribution in [0.3, 0.4) is 0 Å². The van der Waals surface area contributed by atoms with E-state index in [0.29, 0.717) is 38.6 Å². The quantitative estimate of drug-likeness (QED) is 0.405. The van der Waals surface area contributed by atoms with Crippen LogP contribution in [0.5, 0.6) is 0 Å². The topological polar surface area (TPSA) is 95.5 Å². The van der Waals surface area contributed by atoms with E-state index in [4.69, 9.17) is 0 Å². The highest BCUT2D eigenvalue weighted by Crippen LogP contribution is 2.37. The smallest absolute Gasteiger partial charge is 0.326 e. The van der Waals surface area contributed by atoms with Gasteiger partial charge in [0.15, 0.2) is 0 Å². The molecule has 6 heteroatoms. The number of hydrogen-bond donors (Lipinski definition) is 3. The Hall–Kier alpha value is -2.89. The van der Waals surface area contributed by atoms with Crippen LogP contribution >= 0.6 is 0 Å². The van der Waals surface area contributed by atoms with Crippen LogP contribution in [0.4, 0.5) is 0 Å². The van der Waals surface area contributed by atoms with E-state index < -0.39 is 12.0 Å². The zero-order valence-corrected chi connectivity index (χ0v) is 19.6. The van der Waals surface area contributed by atoms with E-state index in [0.717, 1.165) is 12.0 Å². The number of rotatable bonds is 13. The number of amides is 2. The Balaban J connectivity index is 1.80. The lowest BCUT2D eigenvalue weighted by Gasteiger charge is -2.35. The number of carboxylic acid groups (broad SMARTS) is 1. The number of aryl methyl sites for hydroxylation is 1. The van der Waals surface area contributed by atoms with Gasteiger partial charge in [0, 0.05) is 13.0 Å². The summed E-state index contributed by atoms with van der Waals surface area (Å²) >= 11 is 0. The van der Waals surface area contributed by atoms with Gasteiger partial charge in [-0.05, 0) is 52.8 Å². The molecule has 0 saturated carbocycles. The van der Waals surface area contributed by atoms with Crippen LogP contribution in [-0.4, -0.2) is 36.0 Å². The van der Waals surface area contributed by atoms with Crippen LogP contribution in [0.1, 0.15) is 58.9 Å². The van der Waals surface area contributed by atoms with Crippen LogP contribution in [0.25, 0.3) is 10.8 Å². The summed E-state index contributed by atoms with van der Waals surface area (Å²) in [5, 5.41) is 17.0. The molecule has 0 aromatic heterocycles. The fourth-order valence-corrected chi connectivity index (χ4v) is 4.42. The van der Waals surface area contributed by atoms with Gasteiger partial charge in [-0.15, -0.1) is 0 Å². The zero-order valence-electron chi connectivity index (χ0n) is 19.6. The molecule has 0 aliphatic heterocycles. The van der Waals surface area contributed by atoms with Gasteiger partial charge < -0.3 is 15.7 Å². The van der Waals surface area contributed by atoms with E-state index in [9.17, 15) is 19.5 Å². The molecule has 2 rings (SSSR count). The maximum absolute atomic E-state index is 12.4. The van der Waals surface area contributed by atoms with Crippen LogP contribution in [0.2, 0.25) is 0 Å². The molecule has 2 aromatic carbocycles. The Morgan fingerprint density at radius 2 is 1.72 bits per heavy atom. The molecule has 1 unspecified atom stereocenters. The standard InChI is InChI=1S/C26H36N2O4/c1-25(2,14-13-22(24(31)32)28-18-29)16-26(3,4)17-27-23(30)12-10-19-9-11-20-7-5-6-8-21(20)15-19/h5-9,11,15,18,22H,10,12-14,16-17H2,1-4H3,(H,27,30)(H,28,29)(H,31,32). The van der Waals surface area contributed by atoms with Crippen molar-refractivity contribution in [2.45, 2.75) is 65.8 Å². The third-order valence-corrected chi connectivity index (χ3v) is 5.85. The van der Waals surface area contributed by atoms with E-state index in [1.54, 1.807) is 0 Å². The molecule has 2 amide bonds. The van der Waals surface area contributed by atoms with Crippen molar-refractivity contribution in [1.82, 2.24) is 10.6 Å². The van der Waals surface area contributed by atoms with Crippen molar-refractivity contribution in [2.24, 2.45) is 10.8 Å². The molecule has 0 aliphatic rings. The summed E-state index contributed by atoms with van der Waals surface area (Å²) < 4.78 is 0. The van der Waals surface area contributed by atoms with Gasteiger partial charge >= 0.3 is 5.97 Å². The normalized spacial score (nSPS) is 12.9. The molecule has 0 saturated heterocycles. The van der Waals surface area contributed by atoms with Crippen molar-refractivity contribution in [1.29, 1.82) is 0 Å². The van der Waals surface area contributed by atoms with E-state index in [1.807, 2.05) is 12.1 Å². The Morgan fingerprint density at radius 3 is 2.38 bits per heavy atom. The Labute approximate surface area is 190 Å². The summed E-state index contributed by atoms with van der Waals surface area (Å²) in [6, 6.07) is 13.6. The summed E-state index contributed by atoms with van der Waals surface area (Å²) in [6.45, 7) is 8.96. The average molecular weight is 441 g/mol. The number of benzene rings is 2. The van der Waals surface area contributed by atoms with Crippen LogP contribution < -0.4 is 10.6 Å². The monoisotopic (exact) mass is 440 g/mol. The second kappa shape index (κ2) is 11.1. The van der Waals surface area contributed by atoms with Crippen molar-refractivity contribution in [2.75, 3.05) is 6.54 Å². The van der Waals surface area contributed by atoms with Gasteiger partial charge in [0.25, 0.3) is 0 Å². The summed E-state index contributed by atoms with van der Waals surface area (Å²) in [7, 11) is 0. The molecular formula is C26H36N2O4. The number of nitrogens with one attached hydrogen (secondary N) is 2. The molecule has 6 nitrogen and oxygen atoms in total. The van der Waals surface area contributed by atoms with E-state index in [2.05, 4.69) is 68.7 Å². The average Bonchev–Trinajstić information content (AvgIpc) is 2.72. The number of fused-ring (bicyclic) bond motifs is 1. The molecule has 32 heavy (non-hydrogen) atoms. The Morgan fingerprint density at radius 1 is 1.03 bits per heavy atom. The number of carboxylic acids is 1. The second-order valence-electron chi connectivity index (χ2n) is 10.2. The summed E-state index contributed by atoms with van der Waals surface area (Å²) in [6.07, 6.45) is 3.42. The number of carbonyl (C=O) groups is 3. The highest BCUT2D eigenvalue weighted by atomic mass is 16.4. The fourth-order valence-electron chi connectivity index (χ4n) is 4.42. The van der Waals surface area contributed by atoms with Crippen molar-refractivity contribution in [3.63, 3.8) is 0 Å². The second-order valence-corrected chi connectivity index (χ2v) is 10.2. The molecule has 0 aliphatic carbocycles. The molecule has 0 spiro atoms. The van der Waals surface area contributed by atoms with Crippen LogP contribution in [0.15, 0.2) is 42.5 Å². The summed E-state index contributed by atoms with van der Waals surface area (Å²) in [5.41, 5.74) is 0.882.